The van der Waals surface area contributed by atoms with Crippen molar-refractivity contribution in [3.63, 3.8) is 0 Å². The Morgan fingerprint density at radius 2 is 1.94 bits per heavy atom. The first-order valence-corrected chi connectivity index (χ1v) is 10.7. The highest BCUT2D eigenvalue weighted by atomic mass is 35.5. The molecule has 0 atom stereocenters. The highest BCUT2D eigenvalue weighted by molar-refractivity contribution is 8.00. The lowest BCUT2D eigenvalue weighted by Gasteiger charge is -2.08. The number of hydrogen-bond acceptors (Lipinski definition) is 6. The van der Waals surface area contributed by atoms with Crippen molar-refractivity contribution in [2.45, 2.75) is 5.03 Å². The monoisotopic (exact) mass is 454 g/mol. The van der Waals surface area contributed by atoms with Crippen LogP contribution in [0.5, 0.6) is 11.5 Å². The summed E-state index contributed by atoms with van der Waals surface area (Å²) in [6.07, 6.45) is 3.45. The van der Waals surface area contributed by atoms with Crippen LogP contribution >= 0.6 is 23.4 Å². The number of nitrogens with one attached hydrogen (secondary N) is 1. The average Bonchev–Trinajstić information content (AvgIpc) is 3.23. The minimum atomic E-state index is -0.162. The third kappa shape index (κ3) is 4.76. The number of methoxy groups -OCH3 is 2. The summed E-state index contributed by atoms with van der Waals surface area (Å²) >= 11 is 7.45. The van der Waals surface area contributed by atoms with E-state index in [9.17, 15) is 4.79 Å². The van der Waals surface area contributed by atoms with Crippen LogP contribution < -0.4 is 14.8 Å². The van der Waals surface area contributed by atoms with Gasteiger partial charge in [-0.2, -0.15) is 5.10 Å². The van der Waals surface area contributed by atoms with Crippen molar-refractivity contribution in [1.82, 2.24) is 14.6 Å². The number of aromatic nitrogens is 3. The first-order chi connectivity index (χ1) is 15.1. The number of halogens is 1. The van der Waals surface area contributed by atoms with Crippen LogP contribution in [0.25, 0.3) is 16.8 Å². The molecule has 0 fully saturated rings. The van der Waals surface area contributed by atoms with Crippen LogP contribution in [0.1, 0.15) is 0 Å². The fourth-order valence-electron chi connectivity index (χ4n) is 2.99. The van der Waals surface area contributed by atoms with Crippen molar-refractivity contribution < 1.29 is 14.3 Å². The quantitative estimate of drug-likeness (QED) is 0.404. The zero-order chi connectivity index (χ0) is 21.8. The molecule has 0 spiro atoms. The van der Waals surface area contributed by atoms with Gasteiger partial charge >= 0.3 is 0 Å². The number of nitrogens with zero attached hydrogens (tertiary/aromatic N) is 3. The van der Waals surface area contributed by atoms with Gasteiger partial charge in [0.2, 0.25) is 5.91 Å². The third-order valence-electron chi connectivity index (χ3n) is 4.52. The van der Waals surface area contributed by atoms with E-state index >= 15 is 0 Å². The van der Waals surface area contributed by atoms with E-state index in [0.717, 1.165) is 27.5 Å². The Morgan fingerprint density at radius 1 is 1.13 bits per heavy atom. The minimum absolute atomic E-state index is 0.162. The van der Waals surface area contributed by atoms with E-state index in [4.69, 9.17) is 21.1 Å². The van der Waals surface area contributed by atoms with Gasteiger partial charge in [-0.3, -0.25) is 4.79 Å². The molecule has 0 aliphatic carbocycles. The van der Waals surface area contributed by atoms with Gasteiger partial charge in [-0.05, 0) is 48.5 Å². The van der Waals surface area contributed by atoms with E-state index in [0.29, 0.717) is 16.5 Å². The van der Waals surface area contributed by atoms with E-state index in [2.05, 4.69) is 15.4 Å². The second kappa shape index (κ2) is 9.28. The van der Waals surface area contributed by atoms with Crippen molar-refractivity contribution >= 4 is 40.5 Å². The lowest BCUT2D eigenvalue weighted by molar-refractivity contribution is -0.113. The fraction of sp³-hybridized carbons (Fsp3) is 0.136. The van der Waals surface area contributed by atoms with Gasteiger partial charge in [0.25, 0.3) is 0 Å². The highest BCUT2D eigenvalue weighted by Crippen LogP contribution is 2.29. The number of carbonyl (C=O) groups excluding carboxylic acids is 1. The number of carbonyl (C=O) groups is 1. The second-order valence-electron chi connectivity index (χ2n) is 6.51. The lowest BCUT2D eigenvalue weighted by Crippen LogP contribution is -2.14. The number of amides is 1. The van der Waals surface area contributed by atoms with E-state index in [-0.39, 0.29) is 11.7 Å². The van der Waals surface area contributed by atoms with Crippen molar-refractivity contribution in [3.05, 3.63) is 65.9 Å². The smallest absolute Gasteiger partial charge is 0.234 e. The number of fused-ring (bicyclic) bond motifs is 1. The summed E-state index contributed by atoms with van der Waals surface area (Å²) in [6, 6.07) is 14.7. The summed E-state index contributed by atoms with van der Waals surface area (Å²) in [7, 11) is 3.18. The predicted octanol–water partition coefficient (Wildman–Crippen LogP) is 4.80. The fourth-order valence-corrected chi connectivity index (χ4v) is 4.02. The minimum Gasteiger partial charge on any atom is -0.497 e. The first-order valence-electron chi connectivity index (χ1n) is 9.32. The van der Waals surface area contributed by atoms with Crippen molar-refractivity contribution in [2.24, 2.45) is 0 Å². The Labute approximate surface area is 188 Å². The SMILES string of the molecule is COc1ccc(-c2cc3c(SCC(=O)Nc4ccc(OC)c(Cl)c4)nccn3n2)cc1. The third-order valence-corrected chi connectivity index (χ3v) is 5.81. The standard InChI is InChI=1S/C22H19ClN4O3S/c1-29-16-6-3-14(4-7-16)18-12-19-22(24-9-10-27(19)26-18)31-13-21(28)25-15-5-8-20(30-2)17(23)11-15/h3-12H,13H2,1-2H3,(H,25,28). The zero-order valence-electron chi connectivity index (χ0n) is 16.8. The molecule has 9 heteroatoms. The molecule has 158 valence electrons. The summed E-state index contributed by atoms with van der Waals surface area (Å²) in [5, 5.41) is 8.60. The number of rotatable bonds is 7. The second-order valence-corrected chi connectivity index (χ2v) is 7.88. The number of ether oxygens (including phenoxy) is 2. The molecule has 31 heavy (non-hydrogen) atoms. The van der Waals surface area contributed by atoms with E-state index in [1.807, 2.05) is 30.3 Å². The molecule has 0 saturated heterocycles. The van der Waals surface area contributed by atoms with E-state index < -0.39 is 0 Å². The van der Waals surface area contributed by atoms with Crippen LogP contribution in [-0.2, 0) is 4.79 Å². The molecule has 0 unspecified atom stereocenters. The zero-order valence-corrected chi connectivity index (χ0v) is 18.4. The first kappa shape index (κ1) is 21.0. The normalized spacial score (nSPS) is 10.8. The van der Waals surface area contributed by atoms with Crippen LogP contribution in [0.4, 0.5) is 5.69 Å². The Hall–Kier alpha value is -3.23. The Morgan fingerprint density at radius 3 is 2.65 bits per heavy atom. The van der Waals surface area contributed by atoms with Crippen molar-refractivity contribution in [1.29, 1.82) is 0 Å². The Bertz CT molecular complexity index is 1230. The van der Waals surface area contributed by atoms with Gasteiger partial charge in [-0.25, -0.2) is 9.50 Å². The molecule has 0 aliphatic rings. The topological polar surface area (TPSA) is 77.8 Å². The van der Waals surface area contributed by atoms with Crippen LogP contribution in [0, 0.1) is 0 Å². The molecule has 0 aliphatic heterocycles. The number of hydrogen-bond donors (Lipinski definition) is 1. The Balaban J connectivity index is 1.47. The maximum Gasteiger partial charge on any atom is 0.234 e. The van der Waals surface area contributed by atoms with Gasteiger partial charge in [0.15, 0.2) is 0 Å². The molecule has 2 aromatic carbocycles. The average molecular weight is 455 g/mol. The van der Waals surface area contributed by atoms with E-state index in [1.54, 1.807) is 49.3 Å². The molecular formula is C22H19ClN4O3S. The summed E-state index contributed by atoms with van der Waals surface area (Å²) < 4.78 is 12.1. The molecule has 1 N–H and O–H groups in total. The summed E-state index contributed by atoms with van der Waals surface area (Å²) in [5.74, 6) is 1.37. The molecular weight excluding hydrogens is 436 g/mol. The molecule has 0 bridgehead atoms. The molecule has 4 rings (SSSR count). The van der Waals surface area contributed by atoms with Crippen LogP contribution in [0.3, 0.4) is 0 Å². The highest BCUT2D eigenvalue weighted by Gasteiger charge is 2.12. The molecule has 2 heterocycles. The molecule has 7 nitrogen and oxygen atoms in total. The van der Waals surface area contributed by atoms with Gasteiger partial charge in [0.05, 0.1) is 36.2 Å². The van der Waals surface area contributed by atoms with Crippen LogP contribution in [0.15, 0.2) is 66.0 Å². The summed E-state index contributed by atoms with van der Waals surface area (Å²) in [6.45, 7) is 0. The maximum absolute atomic E-state index is 12.4. The van der Waals surface area contributed by atoms with Crippen LogP contribution in [0.2, 0.25) is 5.02 Å². The van der Waals surface area contributed by atoms with Gasteiger partial charge in [0, 0.05) is 23.6 Å². The number of anilines is 1. The predicted molar refractivity (Wildman–Crippen MR) is 122 cm³/mol. The largest absolute Gasteiger partial charge is 0.497 e. The van der Waals surface area contributed by atoms with Gasteiger partial charge < -0.3 is 14.8 Å². The van der Waals surface area contributed by atoms with Gasteiger partial charge in [0.1, 0.15) is 16.5 Å². The number of thioether (sulfide) groups is 1. The lowest BCUT2D eigenvalue weighted by atomic mass is 10.1. The molecule has 0 saturated carbocycles. The Kier molecular flexibility index (Phi) is 6.29. The molecule has 1 amide bonds. The van der Waals surface area contributed by atoms with Gasteiger partial charge in [-0.15, -0.1) is 0 Å². The summed E-state index contributed by atoms with van der Waals surface area (Å²) in [4.78, 5) is 16.8. The van der Waals surface area contributed by atoms with Crippen molar-refractivity contribution in [3.8, 4) is 22.8 Å². The van der Waals surface area contributed by atoms with Gasteiger partial charge in [-0.1, -0.05) is 23.4 Å². The van der Waals surface area contributed by atoms with Crippen molar-refractivity contribution in [2.75, 3.05) is 25.3 Å². The maximum atomic E-state index is 12.4. The summed E-state index contributed by atoms with van der Waals surface area (Å²) in [5.41, 5.74) is 3.22. The molecule has 4 aromatic rings. The molecule has 0 radical (unpaired) electrons. The number of benzene rings is 2. The van der Waals surface area contributed by atoms with E-state index in [1.165, 1.54) is 11.8 Å². The molecule has 2 aromatic heterocycles. The van der Waals surface area contributed by atoms with Crippen LogP contribution in [-0.4, -0.2) is 40.5 Å².